The number of alkyl halides is 3. The molecule has 0 radical (unpaired) electrons. The van der Waals surface area contributed by atoms with Crippen LogP contribution < -0.4 is 20.9 Å². The summed E-state index contributed by atoms with van der Waals surface area (Å²) in [5.74, 6) is -1.96. The zero-order chi connectivity index (χ0) is 30.2. The van der Waals surface area contributed by atoms with Gasteiger partial charge in [0.25, 0.3) is 11.5 Å². The number of carbonyl (C=O) groups is 2. The third-order valence-corrected chi connectivity index (χ3v) is 6.32. The van der Waals surface area contributed by atoms with Crippen LogP contribution in [0.2, 0.25) is 0 Å². The maximum atomic E-state index is 15.0. The number of aromatic amines is 1. The average Bonchev–Trinajstić information content (AvgIpc) is 2.92. The molecule has 0 fully saturated rings. The molecule has 3 N–H and O–H groups in total. The van der Waals surface area contributed by atoms with E-state index in [1.54, 1.807) is 6.92 Å². The number of benzene rings is 2. The largest absolute Gasteiger partial charge is 0.493 e. The normalized spacial score (nSPS) is 11.4. The monoisotopic (exact) mass is 576 g/mol. The minimum absolute atomic E-state index is 0.00465. The average molecular weight is 577 g/mol. The highest BCUT2D eigenvalue weighted by atomic mass is 19.4. The Morgan fingerprint density at radius 1 is 1.02 bits per heavy atom. The van der Waals surface area contributed by atoms with Gasteiger partial charge in [0.1, 0.15) is 11.6 Å². The van der Waals surface area contributed by atoms with E-state index in [2.05, 4.69) is 15.6 Å². The molecule has 0 unspecified atom stereocenters. The third kappa shape index (κ3) is 8.65. The van der Waals surface area contributed by atoms with E-state index in [1.165, 1.54) is 30.5 Å². The van der Waals surface area contributed by atoms with Crippen molar-refractivity contribution in [1.29, 1.82) is 0 Å². The van der Waals surface area contributed by atoms with Gasteiger partial charge in [0.05, 0.1) is 18.6 Å². The fourth-order valence-corrected chi connectivity index (χ4v) is 4.15. The van der Waals surface area contributed by atoms with Gasteiger partial charge in [-0.05, 0) is 55.4 Å². The highest BCUT2D eigenvalue weighted by molar-refractivity contribution is 5.98. The second-order valence-electron chi connectivity index (χ2n) is 9.12. The Labute approximate surface area is 234 Å². The Balaban J connectivity index is 1.77. The summed E-state index contributed by atoms with van der Waals surface area (Å²) in [6.45, 7) is 8.22. The molecule has 0 aliphatic carbocycles. The predicted octanol–water partition coefficient (Wildman–Crippen LogP) is 4.85. The molecule has 12 heteroatoms. The SMILES string of the molecule is CCOc1cc(=O)[nH]cc1-c1ccc(CC(=O)Nc2cc(C(=O)NCCN(CC)CC)cc(C(F)(F)F)c2)c(F)c1. The topological polar surface area (TPSA) is 104 Å². The lowest BCUT2D eigenvalue weighted by atomic mass is 10.0. The summed E-state index contributed by atoms with van der Waals surface area (Å²) in [7, 11) is 0. The molecule has 8 nitrogen and oxygen atoms in total. The molecule has 3 aromatic rings. The molecule has 1 heterocycles. The summed E-state index contributed by atoms with van der Waals surface area (Å²) in [4.78, 5) is 41.5. The Morgan fingerprint density at radius 3 is 2.39 bits per heavy atom. The van der Waals surface area contributed by atoms with Crippen molar-refractivity contribution in [3.05, 3.63) is 81.5 Å². The van der Waals surface area contributed by atoms with Crippen molar-refractivity contribution in [2.75, 3.05) is 38.1 Å². The van der Waals surface area contributed by atoms with Crippen molar-refractivity contribution in [1.82, 2.24) is 15.2 Å². The summed E-state index contributed by atoms with van der Waals surface area (Å²) in [6, 6.07) is 7.89. The fraction of sp³-hybridized carbons (Fsp3) is 0.345. The Morgan fingerprint density at radius 2 is 1.76 bits per heavy atom. The van der Waals surface area contributed by atoms with Crippen LogP contribution in [-0.2, 0) is 17.4 Å². The van der Waals surface area contributed by atoms with Crippen molar-refractivity contribution in [3.63, 3.8) is 0 Å². The van der Waals surface area contributed by atoms with Crippen molar-refractivity contribution < 1.29 is 31.9 Å². The molecule has 0 aliphatic heterocycles. The van der Waals surface area contributed by atoms with Crippen LogP contribution in [0.1, 0.15) is 42.3 Å². The zero-order valence-electron chi connectivity index (χ0n) is 23.0. The first-order valence-electron chi connectivity index (χ1n) is 13.1. The quantitative estimate of drug-likeness (QED) is 0.268. The molecule has 0 bridgehead atoms. The number of rotatable bonds is 12. The number of hydrogen-bond acceptors (Lipinski definition) is 5. The number of aromatic nitrogens is 1. The van der Waals surface area contributed by atoms with Crippen LogP contribution in [-0.4, -0.2) is 54.5 Å². The molecular formula is C29H32F4N4O4. The van der Waals surface area contributed by atoms with Gasteiger partial charge < -0.3 is 25.3 Å². The molecule has 1 aromatic heterocycles. The number of hydrogen-bond donors (Lipinski definition) is 3. The summed E-state index contributed by atoms with van der Waals surface area (Å²) >= 11 is 0. The van der Waals surface area contributed by atoms with Crippen LogP contribution in [0.5, 0.6) is 5.75 Å². The summed E-state index contributed by atoms with van der Waals surface area (Å²) in [5.41, 5.74) is -1.18. The Bertz CT molecular complexity index is 1440. The first-order chi connectivity index (χ1) is 19.4. The number of amides is 2. The van der Waals surface area contributed by atoms with Crippen molar-refractivity contribution in [2.24, 2.45) is 0 Å². The number of anilines is 1. The second kappa shape index (κ2) is 13.9. The van der Waals surface area contributed by atoms with Crippen molar-refractivity contribution in [3.8, 4) is 16.9 Å². The van der Waals surface area contributed by atoms with Crippen LogP contribution >= 0.6 is 0 Å². The first-order valence-corrected chi connectivity index (χ1v) is 13.1. The van der Waals surface area contributed by atoms with Crippen molar-refractivity contribution in [2.45, 2.75) is 33.4 Å². The van der Waals surface area contributed by atoms with Gasteiger partial charge in [0, 0.05) is 42.2 Å². The molecule has 0 atom stereocenters. The van der Waals surface area contributed by atoms with E-state index in [-0.39, 0.29) is 41.3 Å². The number of halogens is 4. The number of ether oxygens (including phenoxy) is 1. The van der Waals surface area contributed by atoms with E-state index in [9.17, 15) is 31.9 Å². The molecule has 2 amide bonds. The number of pyridine rings is 1. The smallest absolute Gasteiger partial charge is 0.416 e. The van der Waals surface area contributed by atoms with Crippen LogP contribution in [0.4, 0.5) is 23.2 Å². The number of likely N-dealkylation sites (N-methyl/N-ethyl adjacent to an activating group) is 1. The fourth-order valence-electron chi connectivity index (χ4n) is 4.15. The molecule has 0 saturated carbocycles. The van der Waals surface area contributed by atoms with Crippen LogP contribution in [0.3, 0.4) is 0 Å². The molecule has 41 heavy (non-hydrogen) atoms. The van der Waals surface area contributed by atoms with E-state index in [4.69, 9.17) is 4.74 Å². The van der Waals surface area contributed by atoms with Gasteiger partial charge in [-0.15, -0.1) is 0 Å². The lowest BCUT2D eigenvalue weighted by Gasteiger charge is -2.18. The maximum Gasteiger partial charge on any atom is 0.416 e. The van der Waals surface area contributed by atoms with E-state index < -0.39 is 35.8 Å². The molecular weight excluding hydrogens is 544 g/mol. The highest BCUT2D eigenvalue weighted by Crippen LogP contribution is 2.32. The van der Waals surface area contributed by atoms with Gasteiger partial charge in [-0.25, -0.2) is 4.39 Å². The highest BCUT2D eigenvalue weighted by Gasteiger charge is 2.32. The third-order valence-electron chi connectivity index (χ3n) is 6.32. The van der Waals surface area contributed by atoms with E-state index in [0.717, 1.165) is 25.2 Å². The van der Waals surface area contributed by atoms with Gasteiger partial charge in [-0.2, -0.15) is 13.2 Å². The van der Waals surface area contributed by atoms with Gasteiger partial charge >= 0.3 is 6.18 Å². The minimum Gasteiger partial charge on any atom is -0.493 e. The molecule has 220 valence electrons. The van der Waals surface area contributed by atoms with Gasteiger partial charge in [0.15, 0.2) is 0 Å². The molecule has 0 spiro atoms. The van der Waals surface area contributed by atoms with Gasteiger partial charge in [0.2, 0.25) is 5.91 Å². The summed E-state index contributed by atoms with van der Waals surface area (Å²) < 4.78 is 61.0. The second-order valence-corrected chi connectivity index (χ2v) is 9.12. The molecule has 2 aromatic carbocycles. The Kier molecular flexibility index (Phi) is 10.6. The number of nitrogens with one attached hydrogen (secondary N) is 3. The number of nitrogens with zero attached hydrogens (tertiary/aromatic N) is 1. The van der Waals surface area contributed by atoms with E-state index in [0.29, 0.717) is 23.7 Å². The van der Waals surface area contributed by atoms with E-state index in [1.807, 2.05) is 18.7 Å². The van der Waals surface area contributed by atoms with Gasteiger partial charge in [-0.3, -0.25) is 14.4 Å². The molecule has 3 rings (SSSR count). The number of H-pyrrole nitrogens is 1. The predicted molar refractivity (Wildman–Crippen MR) is 148 cm³/mol. The van der Waals surface area contributed by atoms with Crippen LogP contribution in [0, 0.1) is 5.82 Å². The van der Waals surface area contributed by atoms with Crippen LogP contribution in [0.15, 0.2) is 53.5 Å². The van der Waals surface area contributed by atoms with Crippen molar-refractivity contribution >= 4 is 17.5 Å². The lowest BCUT2D eigenvalue weighted by Crippen LogP contribution is -2.34. The number of carbonyl (C=O) groups excluding carboxylic acids is 2. The zero-order valence-corrected chi connectivity index (χ0v) is 23.0. The Hall–Kier alpha value is -4.19. The summed E-state index contributed by atoms with van der Waals surface area (Å²) in [6.07, 6.45) is -3.85. The molecule has 0 aliphatic rings. The maximum absolute atomic E-state index is 15.0. The first kappa shape index (κ1) is 31.3. The van der Waals surface area contributed by atoms with Crippen LogP contribution in [0.25, 0.3) is 11.1 Å². The lowest BCUT2D eigenvalue weighted by molar-refractivity contribution is -0.137. The molecule has 0 saturated heterocycles. The summed E-state index contributed by atoms with van der Waals surface area (Å²) in [5, 5.41) is 4.94. The minimum atomic E-state index is -4.76. The van der Waals surface area contributed by atoms with Gasteiger partial charge in [-0.1, -0.05) is 26.0 Å². The van der Waals surface area contributed by atoms with E-state index >= 15 is 0 Å². The standard InChI is InChI=1S/C29H32F4N4O4/c1-4-37(5-2)10-9-34-28(40)20-11-21(29(31,32)33)15-22(12-20)36-27(39)14-19-8-7-18(13-24(19)30)23-17-35-26(38)16-25(23)41-6-3/h7-8,11-13,15-17H,4-6,9-10,14H2,1-3H3,(H,34,40)(H,35,38)(H,36,39).